The lowest BCUT2D eigenvalue weighted by Gasteiger charge is -2.17. The number of rotatable bonds is 14. The predicted molar refractivity (Wildman–Crippen MR) is 126 cm³/mol. The molecule has 0 aliphatic carbocycles. The lowest BCUT2D eigenvalue weighted by atomic mass is 10.0. The van der Waals surface area contributed by atoms with Crippen LogP contribution in [0.4, 0.5) is 0 Å². The summed E-state index contributed by atoms with van der Waals surface area (Å²) in [5.74, 6) is 1.79. The van der Waals surface area contributed by atoms with E-state index in [2.05, 4.69) is 69.3 Å². The monoisotopic (exact) mass is 394 g/mol. The summed E-state index contributed by atoms with van der Waals surface area (Å²) in [5.41, 5.74) is 3.53. The van der Waals surface area contributed by atoms with Crippen LogP contribution < -0.4 is 9.47 Å². The van der Waals surface area contributed by atoms with Crippen molar-refractivity contribution in [2.24, 2.45) is 0 Å². The molecule has 0 heterocycles. The highest BCUT2D eigenvalue weighted by molar-refractivity contribution is 5.73. The van der Waals surface area contributed by atoms with Crippen molar-refractivity contribution in [3.05, 3.63) is 59.2 Å². The van der Waals surface area contributed by atoms with Gasteiger partial charge in [0.25, 0.3) is 0 Å². The zero-order valence-electron chi connectivity index (χ0n) is 18.6. The van der Waals surface area contributed by atoms with E-state index in [0.717, 1.165) is 43.1 Å². The second-order valence-corrected chi connectivity index (χ2v) is 7.67. The minimum absolute atomic E-state index is 0.749. The smallest absolute Gasteiger partial charge is 0.164 e. The van der Waals surface area contributed by atoms with Gasteiger partial charge >= 0.3 is 0 Å². The van der Waals surface area contributed by atoms with Gasteiger partial charge in [0, 0.05) is 5.56 Å². The Bertz CT molecular complexity index is 719. The minimum atomic E-state index is 0.749. The number of hydrogen-bond donors (Lipinski definition) is 0. The van der Waals surface area contributed by atoms with Crippen molar-refractivity contribution >= 4 is 12.2 Å². The van der Waals surface area contributed by atoms with E-state index in [9.17, 15) is 0 Å². The maximum absolute atomic E-state index is 6.23. The molecule has 0 aliphatic heterocycles. The molecule has 0 amide bonds. The quantitative estimate of drug-likeness (QED) is 0.238. The Morgan fingerprint density at radius 3 is 2.00 bits per heavy atom. The summed E-state index contributed by atoms with van der Waals surface area (Å²) in [6.45, 7) is 8.11. The van der Waals surface area contributed by atoms with Crippen molar-refractivity contribution < 1.29 is 9.47 Å². The molecule has 0 atom stereocenters. The Kier molecular flexibility index (Phi) is 11.0. The lowest BCUT2D eigenvalue weighted by molar-refractivity contribution is 0.257. The van der Waals surface area contributed by atoms with Crippen molar-refractivity contribution in [2.45, 2.75) is 72.1 Å². The summed E-state index contributed by atoms with van der Waals surface area (Å²) in [7, 11) is 0. The first-order valence-electron chi connectivity index (χ1n) is 11.4. The summed E-state index contributed by atoms with van der Waals surface area (Å²) >= 11 is 0. The molecule has 0 saturated heterocycles. The molecular formula is C27H38O2. The Balaban J connectivity index is 2.10. The van der Waals surface area contributed by atoms with Crippen LogP contribution in [-0.2, 0) is 0 Å². The van der Waals surface area contributed by atoms with E-state index in [1.807, 2.05) is 6.07 Å². The Labute approximate surface area is 178 Å². The fourth-order valence-corrected chi connectivity index (χ4v) is 3.32. The third kappa shape index (κ3) is 8.35. The van der Waals surface area contributed by atoms with Crippen LogP contribution in [-0.4, -0.2) is 13.2 Å². The highest BCUT2D eigenvalue weighted by Crippen LogP contribution is 2.34. The highest BCUT2D eigenvalue weighted by atomic mass is 16.5. The third-order valence-electron chi connectivity index (χ3n) is 5.17. The van der Waals surface area contributed by atoms with Crippen LogP contribution in [0.25, 0.3) is 12.2 Å². The Morgan fingerprint density at radius 2 is 1.34 bits per heavy atom. The Morgan fingerprint density at radius 1 is 0.690 bits per heavy atom. The molecule has 0 radical (unpaired) electrons. The molecule has 2 heteroatoms. The van der Waals surface area contributed by atoms with E-state index in [1.165, 1.54) is 49.7 Å². The SMILES string of the molecule is CCCCCCOc1ccc(/C=C/c2ccccc2)c(C)c1OCCCCCC. The van der Waals surface area contributed by atoms with Crippen LogP contribution in [0.2, 0.25) is 0 Å². The van der Waals surface area contributed by atoms with Gasteiger partial charge in [-0.3, -0.25) is 0 Å². The van der Waals surface area contributed by atoms with Crippen LogP contribution in [0.15, 0.2) is 42.5 Å². The molecule has 0 N–H and O–H groups in total. The topological polar surface area (TPSA) is 18.5 Å². The number of benzene rings is 2. The van der Waals surface area contributed by atoms with Crippen molar-refractivity contribution in [1.82, 2.24) is 0 Å². The van der Waals surface area contributed by atoms with Gasteiger partial charge in [0.1, 0.15) is 0 Å². The number of unbranched alkanes of at least 4 members (excludes halogenated alkanes) is 6. The van der Waals surface area contributed by atoms with Crippen LogP contribution >= 0.6 is 0 Å². The zero-order valence-corrected chi connectivity index (χ0v) is 18.6. The van der Waals surface area contributed by atoms with Crippen molar-refractivity contribution in [3.63, 3.8) is 0 Å². The normalized spacial score (nSPS) is 11.1. The molecule has 0 fully saturated rings. The van der Waals surface area contributed by atoms with E-state index in [0.29, 0.717) is 0 Å². The van der Waals surface area contributed by atoms with Gasteiger partial charge in [0.05, 0.1) is 13.2 Å². The maximum Gasteiger partial charge on any atom is 0.164 e. The standard InChI is InChI=1S/C27H38O2/c1-4-6-8-13-21-28-26-20-19-25(18-17-24-15-11-10-12-16-24)23(3)27(26)29-22-14-9-7-5-2/h10-12,15-20H,4-9,13-14,21-22H2,1-3H3/b18-17+. The minimum Gasteiger partial charge on any atom is -0.490 e. The molecule has 29 heavy (non-hydrogen) atoms. The molecular weight excluding hydrogens is 356 g/mol. The molecule has 0 aromatic heterocycles. The number of hydrogen-bond acceptors (Lipinski definition) is 2. The van der Waals surface area contributed by atoms with E-state index in [1.54, 1.807) is 0 Å². The van der Waals surface area contributed by atoms with E-state index in [4.69, 9.17) is 9.47 Å². The molecule has 2 aromatic carbocycles. The van der Waals surface area contributed by atoms with Gasteiger partial charge < -0.3 is 9.47 Å². The molecule has 0 aliphatic rings. The number of ether oxygens (including phenoxy) is 2. The fourth-order valence-electron chi connectivity index (χ4n) is 3.32. The first kappa shape index (κ1) is 23.1. The average molecular weight is 395 g/mol. The average Bonchev–Trinajstić information content (AvgIpc) is 2.75. The molecule has 158 valence electrons. The van der Waals surface area contributed by atoms with Crippen molar-refractivity contribution in [3.8, 4) is 11.5 Å². The largest absolute Gasteiger partial charge is 0.490 e. The lowest BCUT2D eigenvalue weighted by Crippen LogP contribution is -2.05. The summed E-state index contributed by atoms with van der Waals surface area (Å²) < 4.78 is 12.3. The second kappa shape index (κ2) is 13.9. The molecule has 2 nitrogen and oxygen atoms in total. The Hall–Kier alpha value is -2.22. The molecule has 0 spiro atoms. The molecule has 2 aromatic rings. The first-order valence-corrected chi connectivity index (χ1v) is 11.4. The van der Waals surface area contributed by atoms with Gasteiger partial charge in [0.2, 0.25) is 0 Å². The van der Waals surface area contributed by atoms with Gasteiger partial charge in [-0.2, -0.15) is 0 Å². The molecule has 0 unspecified atom stereocenters. The predicted octanol–water partition coefficient (Wildman–Crippen LogP) is 8.08. The van der Waals surface area contributed by atoms with Crippen LogP contribution in [0, 0.1) is 6.92 Å². The molecule has 0 saturated carbocycles. The third-order valence-corrected chi connectivity index (χ3v) is 5.17. The summed E-state index contributed by atoms with van der Waals surface area (Å²) in [6, 6.07) is 14.6. The van der Waals surface area contributed by atoms with Crippen LogP contribution in [0.3, 0.4) is 0 Å². The summed E-state index contributed by atoms with van der Waals surface area (Å²) in [6.07, 6.45) is 14.0. The summed E-state index contributed by atoms with van der Waals surface area (Å²) in [4.78, 5) is 0. The van der Waals surface area contributed by atoms with Gasteiger partial charge in [-0.05, 0) is 37.0 Å². The second-order valence-electron chi connectivity index (χ2n) is 7.67. The summed E-state index contributed by atoms with van der Waals surface area (Å²) in [5, 5.41) is 0. The van der Waals surface area contributed by atoms with E-state index < -0.39 is 0 Å². The zero-order chi connectivity index (χ0) is 20.7. The van der Waals surface area contributed by atoms with E-state index in [-0.39, 0.29) is 0 Å². The first-order chi connectivity index (χ1) is 14.3. The molecule has 0 bridgehead atoms. The van der Waals surface area contributed by atoms with Gasteiger partial charge in [-0.15, -0.1) is 0 Å². The van der Waals surface area contributed by atoms with Crippen LogP contribution in [0.1, 0.15) is 81.9 Å². The van der Waals surface area contributed by atoms with E-state index >= 15 is 0 Å². The van der Waals surface area contributed by atoms with Gasteiger partial charge in [-0.25, -0.2) is 0 Å². The van der Waals surface area contributed by atoms with Crippen molar-refractivity contribution in [2.75, 3.05) is 13.2 Å². The van der Waals surface area contributed by atoms with Gasteiger partial charge in [0.15, 0.2) is 11.5 Å². The molecule has 2 rings (SSSR count). The van der Waals surface area contributed by atoms with Crippen LogP contribution in [0.5, 0.6) is 11.5 Å². The highest BCUT2D eigenvalue weighted by Gasteiger charge is 2.12. The van der Waals surface area contributed by atoms with Crippen molar-refractivity contribution in [1.29, 1.82) is 0 Å². The van der Waals surface area contributed by atoms with Gasteiger partial charge in [-0.1, -0.05) is 101 Å². The maximum atomic E-state index is 6.23. The fraction of sp³-hybridized carbons (Fsp3) is 0.481.